The second kappa shape index (κ2) is 11.7. The maximum Gasteiger partial charge on any atom is 0.347 e. The lowest BCUT2D eigenvalue weighted by atomic mass is 10.1. The van der Waals surface area contributed by atoms with Crippen LogP contribution in [0.1, 0.15) is 61.8 Å². The number of esters is 3. The van der Waals surface area contributed by atoms with Gasteiger partial charge in [-0.15, -0.1) is 0 Å². The Labute approximate surface area is 207 Å². The number of hydrogen-bond donors (Lipinski definition) is 0. The van der Waals surface area contributed by atoms with Gasteiger partial charge < -0.3 is 23.7 Å². The molecule has 8 heteroatoms. The molecule has 0 aliphatic rings. The van der Waals surface area contributed by atoms with E-state index in [1.54, 1.807) is 46.6 Å². The molecular formula is C27H36N2O6. The molecule has 0 fully saturated rings. The van der Waals surface area contributed by atoms with Crippen molar-refractivity contribution < 1.29 is 28.6 Å². The normalized spacial score (nSPS) is 11.0. The van der Waals surface area contributed by atoms with Crippen molar-refractivity contribution in [3.63, 3.8) is 0 Å². The average molecular weight is 485 g/mol. The van der Waals surface area contributed by atoms with Crippen molar-refractivity contribution in [3.8, 4) is 0 Å². The minimum atomic E-state index is -0.800. The van der Waals surface area contributed by atoms with Crippen LogP contribution in [0.5, 0.6) is 0 Å². The first-order valence-electron chi connectivity index (χ1n) is 11.7. The molecule has 2 rings (SSSR count). The molecule has 0 bridgehead atoms. The quantitative estimate of drug-likeness (QED) is 0.170. The van der Waals surface area contributed by atoms with Gasteiger partial charge in [-0.05, 0) is 59.6 Å². The summed E-state index contributed by atoms with van der Waals surface area (Å²) in [6, 6.07) is 9.80. The molecule has 8 nitrogen and oxygen atoms in total. The zero-order chi connectivity index (χ0) is 26.3. The second-order valence-electron chi connectivity index (χ2n) is 9.08. The largest absolute Gasteiger partial charge is 0.462 e. The van der Waals surface area contributed by atoms with E-state index in [0.29, 0.717) is 17.9 Å². The molecule has 0 saturated heterocycles. The Morgan fingerprint density at radius 3 is 2.00 bits per heavy atom. The summed E-state index contributed by atoms with van der Waals surface area (Å²) in [6.45, 7) is 13.2. The number of ether oxygens (including phenoxy) is 3. The molecule has 1 heterocycles. The van der Waals surface area contributed by atoms with Crippen molar-refractivity contribution in [1.82, 2.24) is 4.57 Å². The van der Waals surface area contributed by atoms with E-state index < -0.39 is 23.5 Å². The minimum absolute atomic E-state index is 0.102. The van der Waals surface area contributed by atoms with Gasteiger partial charge in [0.05, 0.1) is 13.2 Å². The Hall–Kier alpha value is -3.55. The number of rotatable bonds is 9. The van der Waals surface area contributed by atoms with Crippen LogP contribution in [0.4, 0.5) is 5.82 Å². The van der Waals surface area contributed by atoms with Gasteiger partial charge >= 0.3 is 17.9 Å². The number of carbonyl (C=O) groups excluding carboxylic acids is 3. The highest BCUT2D eigenvalue weighted by atomic mass is 16.6. The van der Waals surface area contributed by atoms with E-state index in [1.807, 2.05) is 48.7 Å². The van der Waals surface area contributed by atoms with Crippen LogP contribution in [0.3, 0.4) is 0 Å². The maximum absolute atomic E-state index is 13.3. The molecule has 0 saturated carbocycles. The Kier molecular flexibility index (Phi) is 9.28. The summed E-state index contributed by atoms with van der Waals surface area (Å²) in [5.41, 5.74) is 2.02. The van der Waals surface area contributed by atoms with Crippen LogP contribution in [0.15, 0.2) is 42.1 Å². The van der Waals surface area contributed by atoms with Crippen LogP contribution < -0.4 is 4.90 Å². The number of benzene rings is 1. The predicted octanol–water partition coefficient (Wildman–Crippen LogP) is 4.55. The van der Waals surface area contributed by atoms with Gasteiger partial charge in [0.25, 0.3) is 0 Å². The molecule has 1 aromatic heterocycles. The van der Waals surface area contributed by atoms with Crippen LogP contribution >= 0.6 is 0 Å². The summed E-state index contributed by atoms with van der Waals surface area (Å²) in [7, 11) is 1.67. The zero-order valence-electron chi connectivity index (χ0n) is 21.9. The van der Waals surface area contributed by atoms with Gasteiger partial charge in [-0.2, -0.15) is 0 Å². The third-order valence-corrected chi connectivity index (χ3v) is 5.24. The van der Waals surface area contributed by atoms with E-state index in [4.69, 9.17) is 14.2 Å². The van der Waals surface area contributed by atoms with Gasteiger partial charge in [-0.3, -0.25) is 0 Å². The van der Waals surface area contributed by atoms with Gasteiger partial charge in [-0.25, -0.2) is 14.4 Å². The smallest absolute Gasteiger partial charge is 0.347 e. The van der Waals surface area contributed by atoms with E-state index in [9.17, 15) is 14.4 Å². The maximum atomic E-state index is 13.3. The lowest BCUT2D eigenvalue weighted by Gasteiger charge is -2.23. The van der Waals surface area contributed by atoms with E-state index >= 15 is 0 Å². The molecule has 35 heavy (non-hydrogen) atoms. The summed E-state index contributed by atoms with van der Waals surface area (Å²) >= 11 is 0. The topological polar surface area (TPSA) is 87.1 Å². The molecule has 0 amide bonds. The first-order chi connectivity index (χ1) is 16.4. The molecule has 190 valence electrons. The van der Waals surface area contributed by atoms with E-state index in [1.165, 1.54) is 6.20 Å². The number of nitrogens with zero attached hydrogens (tertiary/aromatic N) is 2. The number of aromatic nitrogens is 1. The van der Waals surface area contributed by atoms with Crippen LogP contribution in [-0.2, 0) is 30.3 Å². The Morgan fingerprint density at radius 1 is 0.971 bits per heavy atom. The molecule has 1 aromatic carbocycles. The summed E-state index contributed by atoms with van der Waals surface area (Å²) < 4.78 is 17.8. The van der Waals surface area contributed by atoms with Crippen LogP contribution in [0.25, 0.3) is 0 Å². The van der Waals surface area contributed by atoms with E-state index in [2.05, 4.69) is 0 Å². The molecular weight excluding hydrogens is 448 g/mol. The van der Waals surface area contributed by atoms with Crippen molar-refractivity contribution in [1.29, 1.82) is 0 Å². The molecule has 0 N–H and O–H groups in total. The standard InChI is InChI=1S/C27H36N2O6/c1-9-33-24(30)21(25(31)34-10-2)17-28(8)23-22(26(32)35-27(5,6)7)18(3)19(4)29(23)16-20-14-12-11-13-15-20/h11-15,17H,9-10,16H2,1-8H3. The molecule has 0 unspecified atom stereocenters. The van der Waals surface area contributed by atoms with Crippen LogP contribution in [0, 0.1) is 13.8 Å². The fourth-order valence-electron chi connectivity index (χ4n) is 3.61. The monoisotopic (exact) mass is 484 g/mol. The summed E-state index contributed by atoms with van der Waals surface area (Å²) in [5, 5.41) is 0. The molecule has 0 atom stereocenters. The third kappa shape index (κ3) is 6.97. The minimum Gasteiger partial charge on any atom is -0.462 e. The Bertz CT molecular complexity index is 1070. The number of anilines is 1. The van der Waals surface area contributed by atoms with Gasteiger partial charge in [-0.1, -0.05) is 30.3 Å². The fraction of sp³-hybridized carbons (Fsp3) is 0.444. The number of hydrogen-bond acceptors (Lipinski definition) is 7. The first-order valence-corrected chi connectivity index (χ1v) is 11.7. The Morgan fingerprint density at radius 2 is 1.51 bits per heavy atom. The highest BCUT2D eigenvalue weighted by molar-refractivity contribution is 6.14. The molecule has 0 spiro atoms. The second-order valence-corrected chi connectivity index (χ2v) is 9.08. The van der Waals surface area contributed by atoms with Crippen molar-refractivity contribution in [2.24, 2.45) is 0 Å². The first kappa shape index (κ1) is 27.7. The lowest BCUT2D eigenvalue weighted by Crippen LogP contribution is -2.27. The van der Waals surface area contributed by atoms with Gasteiger partial charge in [0, 0.05) is 25.5 Å². The summed E-state index contributed by atoms with van der Waals surface area (Å²) in [5.74, 6) is -1.60. The predicted molar refractivity (Wildman–Crippen MR) is 134 cm³/mol. The molecule has 0 radical (unpaired) electrons. The van der Waals surface area contributed by atoms with Crippen molar-refractivity contribution >= 4 is 23.7 Å². The van der Waals surface area contributed by atoms with Crippen LogP contribution in [-0.4, -0.2) is 48.3 Å². The van der Waals surface area contributed by atoms with Crippen molar-refractivity contribution in [2.45, 2.75) is 60.6 Å². The molecule has 0 aliphatic carbocycles. The van der Waals surface area contributed by atoms with E-state index in [-0.39, 0.29) is 18.8 Å². The fourth-order valence-corrected chi connectivity index (χ4v) is 3.61. The average Bonchev–Trinajstić information content (AvgIpc) is 3.02. The zero-order valence-corrected chi connectivity index (χ0v) is 21.9. The molecule has 2 aromatic rings. The molecule has 0 aliphatic heterocycles. The van der Waals surface area contributed by atoms with Crippen molar-refractivity contribution in [2.75, 3.05) is 25.2 Å². The van der Waals surface area contributed by atoms with Gasteiger partial charge in [0.15, 0.2) is 5.57 Å². The summed E-state index contributed by atoms with van der Waals surface area (Å²) in [4.78, 5) is 40.0. The highest BCUT2D eigenvalue weighted by Gasteiger charge is 2.30. The lowest BCUT2D eigenvalue weighted by molar-refractivity contribution is -0.146. The summed E-state index contributed by atoms with van der Waals surface area (Å²) in [6.07, 6.45) is 1.35. The number of carbonyl (C=O) groups is 3. The third-order valence-electron chi connectivity index (χ3n) is 5.24. The Balaban J connectivity index is 2.72. The van der Waals surface area contributed by atoms with E-state index in [0.717, 1.165) is 16.8 Å². The van der Waals surface area contributed by atoms with Gasteiger partial charge in [0.1, 0.15) is 17.0 Å². The van der Waals surface area contributed by atoms with Crippen LogP contribution in [0.2, 0.25) is 0 Å². The SMILES string of the molecule is CCOC(=O)C(=CN(C)c1c(C(=O)OC(C)(C)C)c(C)c(C)n1Cc1ccccc1)C(=O)OCC. The highest BCUT2D eigenvalue weighted by Crippen LogP contribution is 2.33. The van der Waals surface area contributed by atoms with Crippen molar-refractivity contribution in [3.05, 3.63) is 64.5 Å². The van der Waals surface area contributed by atoms with Gasteiger partial charge in [0.2, 0.25) is 0 Å².